The van der Waals surface area contributed by atoms with Gasteiger partial charge in [-0.1, -0.05) is 25.1 Å². The van der Waals surface area contributed by atoms with E-state index in [9.17, 15) is 5.11 Å². The van der Waals surface area contributed by atoms with Crippen molar-refractivity contribution >= 4 is 35.8 Å². The molecule has 2 aromatic carbocycles. The summed E-state index contributed by atoms with van der Waals surface area (Å²) in [6.45, 7) is 5.20. The molecule has 8 nitrogen and oxygen atoms in total. The molecule has 4 heterocycles. The summed E-state index contributed by atoms with van der Waals surface area (Å²) in [7, 11) is 0. The van der Waals surface area contributed by atoms with Gasteiger partial charge >= 0.3 is 0 Å². The van der Waals surface area contributed by atoms with Crippen LogP contribution in [0.1, 0.15) is 42.6 Å². The van der Waals surface area contributed by atoms with Gasteiger partial charge < -0.3 is 28.5 Å². The Labute approximate surface area is 233 Å². The van der Waals surface area contributed by atoms with E-state index in [2.05, 4.69) is 28.1 Å². The fraction of sp³-hybridized carbons (Fsp3) is 0.393. The number of fused-ring (bicyclic) bond motifs is 2. The molecule has 0 spiro atoms. The van der Waals surface area contributed by atoms with Gasteiger partial charge in [0.15, 0.2) is 11.5 Å². The van der Waals surface area contributed by atoms with Crippen LogP contribution in [0, 0.1) is 0 Å². The first-order chi connectivity index (χ1) is 17.7. The first-order valence-corrected chi connectivity index (χ1v) is 12.6. The van der Waals surface area contributed by atoms with Crippen molar-refractivity contribution < 1.29 is 28.5 Å². The number of halogens is 2. The van der Waals surface area contributed by atoms with E-state index in [0.29, 0.717) is 42.1 Å². The third kappa shape index (κ3) is 5.95. The van der Waals surface area contributed by atoms with E-state index in [0.717, 1.165) is 54.8 Å². The first kappa shape index (κ1) is 28.3. The third-order valence-corrected chi connectivity index (χ3v) is 7.05. The number of aromatic nitrogens is 1. The molecular weight excluding hydrogens is 531 g/mol. The Morgan fingerprint density at radius 1 is 1.11 bits per heavy atom. The van der Waals surface area contributed by atoms with E-state index in [1.54, 1.807) is 6.20 Å². The van der Waals surface area contributed by atoms with Crippen molar-refractivity contribution in [3.8, 4) is 23.1 Å². The Bertz CT molecular complexity index is 1350. The number of benzene rings is 2. The van der Waals surface area contributed by atoms with E-state index in [1.165, 1.54) is 5.56 Å². The van der Waals surface area contributed by atoms with Crippen LogP contribution in [0.4, 0.5) is 0 Å². The number of β-amino-alcohol motifs (C(OH)–C–C–N with tert-alkyl or cyclic N) is 1. The number of aliphatic hydroxyl groups is 1. The molecule has 6 rings (SSSR count). The predicted octanol–water partition coefficient (Wildman–Crippen LogP) is 5.94. The lowest BCUT2D eigenvalue weighted by Crippen LogP contribution is -2.40. The molecule has 2 aliphatic heterocycles. The van der Waals surface area contributed by atoms with E-state index in [4.69, 9.17) is 23.3 Å². The maximum absolute atomic E-state index is 10.7. The average Bonchev–Trinajstić information content (AvgIpc) is 3.66. The molecule has 204 valence electrons. The van der Waals surface area contributed by atoms with Crippen LogP contribution >= 0.6 is 24.8 Å². The Morgan fingerprint density at radius 3 is 2.74 bits per heavy atom. The lowest BCUT2D eigenvalue weighted by atomic mass is 9.88. The summed E-state index contributed by atoms with van der Waals surface area (Å²) in [4.78, 5) is 16.9. The smallest absolute Gasteiger partial charge is 0.263 e. The van der Waals surface area contributed by atoms with Crippen LogP contribution in [0.2, 0.25) is 0 Å². The molecule has 2 aromatic heterocycles. The Morgan fingerprint density at radius 2 is 1.95 bits per heavy atom. The van der Waals surface area contributed by atoms with Gasteiger partial charge in [0.2, 0.25) is 0 Å². The Kier molecular flexibility index (Phi) is 9.23. The van der Waals surface area contributed by atoms with E-state index < -0.39 is 6.10 Å². The maximum Gasteiger partial charge on any atom is 0.263 e. The van der Waals surface area contributed by atoms with Crippen LogP contribution in [0.25, 0.3) is 22.6 Å². The second-order valence-electron chi connectivity index (χ2n) is 9.52. The summed E-state index contributed by atoms with van der Waals surface area (Å²) >= 11 is 0. The van der Waals surface area contributed by atoms with Gasteiger partial charge in [0.1, 0.15) is 36.4 Å². The zero-order valence-corrected chi connectivity index (χ0v) is 22.8. The SMILES string of the molecule is CCc1cnc(-c2cc3c(OC[C@@H](O)CN4CCC(c5ccc6c(c5)OOC6)CC4)cccc3o2)o1.Cl.Cl. The van der Waals surface area contributed by atoms with Crippen LogP contribution in [-0.2, 0) is 17.9 Å². The second-order valence-corrected chi connectivity index (χ2v) is 9.52. The first-order valence-electron chi connectivity index (χ1n) is 12.6. The number of nitrogens with zero attached hydrogens (tertiary/aromatic N) is 2. The van der Waals surface area contributed by atoms with Gasteiger partial charge in [-0.2, -0.15) is 4.89 Å². The second kappa shape index (κ2) is 12.4. The summed E-state index contributed by atoms with van der Waals surface area (Å²) in [5.41, 5.74) is 3.09. The van der Waals surface area contributed by atoms with Gasteiger partial charge in [-0.15, -0.1) is 24.8 Å². The number of likely N-dealkylation sites (tertiary alicyclic amines) is 1. The van der Waals surface area contributed by atoms with Gasteiger partial charge in [-0.3, -0.25) is 0 Å². The molecule has 0 amide bonds. The number of aryl methyl sites for hydroxylation is 1. The molecule has 4 aromatic rings. The summed E-state index contributed by atoms with van der Waals surface area (Å²) in [6.07, 6.45) is 3.99. The minimum Gasteiger partial charge on any atom is -0.490 e. The molecule has 1 atom stereocenters. The van der Waals surface area contributed by atoms with E-state index in [-0.39, 0.29) is 31.4 Å². The number of hydrogen-bond donors (Lipinski definition) is 1. The van der Waals surface area contributed by atoms with Crippen LogP contribution in [-0.4, -0.2) is 47.3 Å². The lowest BCUT2D eigenvalue weighted by molar-refractivity contribution is -0.194. The van der Waals surface area contributed by atoms with Crippen LogP contribution < -0.4 is 9.62 Å². The number of hydrogen-bond acceptors (Lipinski definition) is 8. The largest absolute Gasteiger partial charge is 0.490 e. The highest BCUT2D eigenvalue weighted by atomic mass is 35.5. The number of ether oxygens (including phenoxy) is 1. The van der Waals surface area contributed by atoms with Gasteiger partial charge in [0, 0.05) is 24.6 Å². The summed E-state index contributed by atoms with van der Waals surface area (Å²) in [5, 5.41) is 11.5. The molecule has 2 aliphatic rings. The van der Waals surface area contributed by atoms with Crippen molar-refractivity contribution in [3.05, 3.63) is 65.5 Å². The zero-order chi connectivity index (χ0) is 24.5. The molecule has 1 N–H and O–H groups in total. The lowest BCUT2D eigenvalue weighted by Gasteiger charge is -2.33. The predicted molar refractivity (Wildman–Crippen MR) is 147 cm³/mol. The summed E-state index contributed by atoms with van der Waals surface area (Å²) < 4.78 is 17.7. The maximum atomic E-state index is 10.7. The Balaban J connectivity index is 0.00000168. The van der Waals surface area contributed by atoms with Gasteiger partial charge in [0.25, 0.3) is 5.89 Å². The van der Waals surface area contributed by atoms with Crippen LogP contribution in [0.5, 0.6) is 11.5 Å². The summed E-state index contributed by atoms with van der Waals surface area (Å²) in [5.74, 6) is 3.84. The highest BCUT2D eigenvalue weighted by molar-refractivity contribution is 5.87. The highest BCUT2D eigenvalue weighted by Gasteiger charge is 2.24. The van der Waals surface area contributed by atoms with Crippen molar-refractivity contribution in [1.82, 2.24) is 9.88 Å². The van der Waals surface area contributed by atoms with Crippen molar-refractivity contribution in [2.75, 3.05) is 26.2 Å². The van der Waals surface area contributed by atoms with E-state index >= 15 is 0 Å². The minimum absolute atomic E-state index is 0. The van der Waals surface area contributed by atoms with Crippen molar-refractivity contribution in [2.24, 2.45) is 0 Å². The van der Waals surface area contributed by atoms with E-state index in [1.807, 2.05) is 31.2 Å². The van der Waals surface area contributed by atoms with Crippen molar-refractivity contribution in [3.63, 3.8) is 0 Å². The number of oxazole rings is 1. The van der Waals surface area contributed by atoms with Gasteiger partial charge in [-0.05, 0) is 55.6 Å². The van der Waals surface area contributed by atoms with Crippen LogP contribution in [0.15, 0.2) is 57.5 Å². The molecule has 1 saturated heterocycles. The molecule has 0 bridgehead atoms. The molecule has 0 saturated carbocycles. The normalized spacial score (nSPS) is 16.4. The fourth-order valence-electron chi connectivity index (χ4n) is 5.01. The average molecular weight is 563 g/mol. The van der Waals surface area contributed by atoms with Gasteiger partial charge in [0.05, 0.1) is 11.6 Å². The standard InChI is InChI=1S/C28H30N2O6.2ClH/c1-2-22-14-29-28(34-22)27-13-23-24(4-3-5-25(23)35-27)32-17-21(31)15-30-10-8-18(9-11-30)19-6-7-20-16-33-36-26(20)12-19;;/h3-7,12-14,18,21,31H,2,8-11,15-17H2,1H3;2*1H/t21-;;/m0../s1. The third-order valence-electron chi connectivity index (χ3n) is 7.05. The Hall–Kier alpha value is -2.75. The molecule has 10 heteroatoms. The monoisotopic (exact) mass is 562 g/mol. The topological polar surface area (TPSA) is 90.3 Å². The fourth-order valence-corrected chi connectivity index (χ4v) is 5.01. The zero-order valence-electron chi connectivity index (χ0n) is 21.1. The van der Waals surface area contributed by atoms with Gasteiger partial charge in [-0.25, -0.2) is 4.98 Å². The molecule has 38 heavy (non-hydrogen) atoms. The van der Waals surface area contributed by atoms with Crippen molar-refractivity contribution in [1.29, 1.82) is 0 Å². The number of piperidine rings is 1. The molecule has 1 fully saturated rings. The molecule has 0 radical (unpaired) electrons. The molecular formula is C28H32Cl2N2O6. The number of aliphatic hydroxyl groups excluding tert-OH is 1. The minimum atomic E-state index is -0.590. The summed E-state index contributed by atoms with van der Waals surface area (Å²) in [6, 6.07) is 13.9. The van der Waals surface area contributed by atoms with Crippen LogP contribution in [0.3, 0.4) is 0 Å². The molecule has 0 aliphatic carbocycles. The van der Waals surface area contributed by atoms with Crippen molar-refractivity contribution in [2.45, 2.75) is 44.8 Å². The quantitative estimate of drug-likeness (QED) is 0.264. The highest BCUT2D eigenvalue weighted by Crippen LogP contribution is 2.35. The molecule has 0 unspecified atom stereocenters. The number of furan rings is 1. The number of rotatable bonds is 8.